The van der Waals surface area contributed by atoms with Gasteiger partial charge in [-0.15, -0.1) is 0 Å². The third-order valence-corrected chi connectivity index (χ3v) is 2.54. The minimum absolute atomic E-state index is 0.270. The third kappa shape index (κ3) is 3.71. The normalized spacial score (nSPS) is 10.1. The van der Waals surface area contributed by atoms with Gasteiger partial charge in [-0.2, -0.15) is 0 Å². The average Bonchev–Trinajstić information content (AvgIpc) is 2.83. The average molecular weight is 271 g/mol. The Labute approximate surface area is 117 Å². The van der Waals surface area contributed by atoms with E-state index in [0.29, 0.717) is 18.1 Å². The molecular formula is C15H17N3O2. The lowest BCUT2D eigenvalue weighted by Crippen LogP contribution is -2.29. The SMILES string of the molecule is C=C(C)CNC(=O)Nc1cccc(-c2ncc(C)o2)c1. The van der Waals surface area contributed by atoms with Crippen LogP contribution >= 0.6 is 0 Å². The van der Waals surface area contributed by atoms with Crippen molar-refractivity contribution in [2.45, 2.75) is 13.8 Å². The molecular weight excluding hydrogens is 254 g/mol. The first kappa shape index (κ1) is 13.9. The van der Waals surface area contributed by atoms with Crippen molar-refractivity contribution in [3.8, 4) is 11.5 Å². The number of oxazole rings is 1. The van der Waals surface area contributed by atoms with E-state index in [0.717, 1.165) is 16.9 Å². The van der Waals surface area contributed by atoms with E-state index in [9.17, 15) is 4.79 Å². The number of benzene rings is 1. The smallest absolute Gasteiger partial charge is 0.319 e. The van der Waals surface area contributed by atoms with Crippen LogP contribution in [0.5, 0.6) is 0 Å². The number of aryl methyl sites for hydroxylation is 1. The lowest BCUT2D eigenvalue weighted by atomic mass is 10.2. The van der Waals surface area contributed by atoms with Gasteiger partial charge in [0.05, 0.1) is 6.20 Å². The first-order valence-corrected chi connectivity index (χ1v) is 6.26. The van der Waals surface area contributed by atoms with Crippen LogP contribution in [-0.4, -0.2) is 17.6 Å². The number of nitrogens with one attached hydrogen (secondary N) is 2. The summed E-state index contributed by atoms with van der Waals surface area (Å²) in [6.45, 7) is 7.87. The number of anilines is 1. The van der Waals surface area contributed by atoms with Crippen LogP contribution in [0.3, 0.4) is 0 Å². The van der Waals surface area contributed by atoms with E-state index in [1.54, 1.807) is 12.3 Å². The van der Waals surface area contributed by atoms with E-state index in [1.807, 2.05) is 32.0 Å². The van der Waals surface area contributed by atoms with Crippen LogP contribution in [-0.2, 0) is 0 Å². The van der Waals surface area contributed by atoms with E-state index in [1.165, 1.54) is 0 Å². The van der Waals surface area contributed by atoms with E-state index >= 15 is 0 Å². The van der Waals surface area contributed by atoms with Crippen molar-refractivity contribution in [3.05, 3.63) is 48.4 Å². The van der Waals surface area contributed by atoms with Gasteiger partial charge in [-0.25, -0.2) is 9.78 Å². The number of carbonyl (C=O) groups excluding carboxylic acids is 1. The van der Waals surface area contributed by atoms with E-state index in [2.05, 4.69) is 22.2 Å². The molecule has 2 N–H and O–H groups in total. The van der Waals surface area contributed by atoms with Crippen molar-refractivity contribution in [2.24, 2.45) is 0 Å². The molecule has 2 rings (SSSR count). The highest BCUT2D eigenvalue weighted by Crippen LogP contribution is 2.22. The predicted molar refractivity (Wildman–Crippen MR) is 78.5 cm³/mol. The molecule has 2 aromatic rings. The van der Waals surface area contributed by atoms with E-state index in [-0.39, 0.29) is 6.03 Å². The fourth-order valence-corrected chi connectivity index (χ4v) is 1.62. The Balaban J connectivity index is 2.06. The molecule has 0 aliphatic carbocycles. The third-order valence-electron chi connectivity index (χ3n) is 2.54. The fourth-order valence-electron chi connectivity index (χ4n) is 1.62. The molecule has 5 heteroatoms. The minimum Gasteiger partial charge on any atom is -0.441 e. The maximum Gasteiger partial charge on any atom is 0.319 e. The molecule has 0 unspecified atom stereocenters. The van der Waals surface area contributed by atoms with Gasteiger partial charge in [0, 0.05) is 17.8 Å². The maximum atomic E-state index is 11.7. The van der Waals surface area contributed by atoms with Crippen LogP contribution in [0.1, 0.15) is 12.7 Å². The number of carbonyl (C=O) groups is 1. The Morgan fingerprint density at radius 2 is 2.25 bits per heavy atom. The summed E-state index contributed by atoms with van der Waals surface area (Å²) in [4.78, 5) is 15.8. The lowest BCUT2D eigenvalue weighted by molar-refractivity contribution is 0.253. The molecule has 1 heterocycles. The summed E-state index contributed by atoms with van der Waals surface area (Å²) < 4.78 is 5.46. The largest absolute Gasteiger partial charge is 0.441 e. The van der Waals surface area contributed by atoms with Crippen molar-refractivity contribution in [1.82, 2.24) is 10.3 Å². The summed E-state index contributed by atoms with van der Waals surface area (Å²) in [7, 11) is 0. The number of rotatable bonds is 4. The molecule has 2 amide bonds. The van der Waals surface area contributed by atoms with Gasteiger partial charge in [0.1, 0.15) is 5.76 Å². The van der Waals surface area contributed by atoms with Gasteiger partial charge in [0.2, 0.25) is 5.89 Å². The van der Waals surface area contributed by atoms with Crippen LogP contribution in [0, 0.1) is 6.92 Å². The van der Waals surface area contributed by atoms with Gasteiger partial charge < -0.3 is 15.1 Å². The van der Waals surface area contributed by atoms with Gasteiger partial charge in [-0.05, 0) is 32.0 Å². The summed E-state index contributed by atoms with van der Waals surface area (Å²) in [5, 5.41) is 5.46. The van der Waals surface area contributed by atoms with Gasteiger partial charge in [0.15, 0.2) is 0 Å². The lowest BCUT2D eigenvalue weighted by Gasteiger charge is -2.08. The number of aromatic nitrogens is 1. The molecule has 20 heavy (non-hydrogen) atoms. The Morgan fingerprint density at radius 3 is 2.90 bits per heavy atom. The Kier molecular flexibility index (Phi) is 4.20. The van der Waals surface area contributed by atoms with Gasteiger partial charge in [-0.1, -0.05) is 18.2 Å². The van der Waals surface area contributed by atoms with Crippen LogP contribution < -0.4 is 10.6 Å². The molecule has 0 spiro atoms. The molecule has 0 saturated carbocycles. The Hall–Kier alpha value is -2.56. The summed E-state index contributed by atoms with van der Waals surface area (Å²) in [5.41, 5.74) is 2.39. The quantitative estimate of drug-likeness (QED) is 0.838. The summed E-state index contributed by atoms with van der Waals surface area (Å²) in [6, 6.07) is 7.06. The molecule has 0 radical (unpaired) electrons. The van der Waals surface area contributed by atoms with Crippen LogP contribution in [0.15, 0.2) is 47.0 Å². The summed E-state index contributed by atoms with van der Waals surface area (Å²) >= 11 is 0. The highest BCUT2D eigenvalue weighted by Gasteiger charge is 2.06. The summed E-state index contributed by atoms with van der Waals surface area (Å²) in [5.74, 6) is 1.28. The molecule has 0 atom stereocenters. The molecule has 0 aliphatic rings. The second-order valence-corrected chi connectivity index (χ2v) is 4.62. The second kappa shape index (κ2) is 6.06. The molecule has 1 aromatic heterocycles. The van der Waals surface area contributed by atoms with E-state index in [4.69, 9.17) is 4.42 Å². The number of hydrogen-bond donors (Lipinski definition) is 2. The van der Waals surface area contributed by atoms with Gasteiger partial charge >= 0.3 is 6.03 Å². The maximum absolute atomic E-state index is 11.7. The molecule has 0 saturated heterocycles. The number of nitrogens with zero attached hydrogens (tertiary/aromatic N) is 1. The zero-order valence-electron chi connectivity index (χ0n) is 11.6. The first-order chi connectivity index (χ1) is 9.54. The molecule has 104 valence electrons. The summed E-state index contributed by atoms with van der Waals surface area (Å²) in [6.07, 6.45) is 1.66. The number of amides is 2. The van der Waals surface area contributed by atoms with Crippen LogP contribution in [0.25, 0.3) is 11.5 Å². The van der Waals surface area contributed by atoms with Crippen molar-refractivity contribution in [3.63, 3.8) is 0 Å². The van der Waals surface area contributed by atoms with Crippen molar-refractivity contribution in [2.75, 3.05) is 11.9 Å². The zero-order chi connectivity index (χ0) is 14.5. The number of urea groups is 1. The molecule has 1 aromatic carbocycles. The van der Waals surface area contributed by atoms with Gasteiger partial charge in [0.25, 0.3) is 0 Å². The molecule has 0 bridgehead atoms. The molecule has 0 fully saturated rings. The number of hydrogen-bond acceptors (Lipinski definition) is 3. The monoisotopic (exact) mass is 271 g/mol. The van der Waals surface area contributed by atoms with E-state index < -0.39 is 0 Å². The Morgan fingerprint density at radius 1 is 1.45 bits per heavy atom. The molecule has 5 nitrogen and oxygen atoms in total. The topological polar surface area (TPSA) is 67.2 Å². The predicted octanol–water partition coefficient (Wildman–Crippen LogP) is 3.35. The van der Waals surface area contributed by atoms with Gasteiger partial charge in [-0.3, -0.25) is 0 Å². The minimum atomic E-state index is -0.270. The fraction of sp³-hybridized carbons (Fsp3) is 0.200. The van der Waals surface area contributed by atoms with Crippen molar-refractivity contribution < 1.29 is 9.21 Å². The standard InChI is InChI=1S/C15H17N3O2/c1-10(2)8-17-15(19)18-13-6-4-5-12(7-13)14-16-9-11(3)20-14/h4-7,9H,1,8H2,2-3H3,(H2,17,18,19). The molecule has 0 aliphatic heterocycles. The highest BCUT2D eigenvalue weighted by atomic mass is 16.4. The van der Waals surface area contributed by atoms with Crippen molar-refractivity contribution >= 4 is 11.7 Å². The first-order valence-electron chi connectivity index (χ1n) is 6.26. The zero-order valence-corrected chi connectivity index (χ0v) is 11.6. The van der Waals surface area contributed by atoms with Crippen LogP contribution in [0.4, 0.5) is 10.5 Å². The highest BCUT2D eigenvalue weighted by molar-refractivity contribution is 5.90. The second-order valence-electron chi connectivity index (χ2n) is 4.62. The Bertz CT molecular complexity index is 632. The van der Waals surface area contributed by atoms with Crippen LogP contribution in [0.2, 0.25) is 0 Å². The van der Waals surface area contributed by atoms with Crippen molar-refractivity contribution in [1.29, 1.82) is 0 Å².